The molecular weight excluding hydrogens is 342 g/mol. The van der Waals surface area contributed by atoms with E-state index in [1.54, 1.807) is 18.6 Å². The van der Waals surface area contributed by atoms with Crippen LogP contribution in [0.15, 0.2) is 42.9 Å². The summed E-state index contributed by atoms with van der Waals surface area (Å²) in [5.74, 6) is 0.728. The van der Waals surface area contributed by atoms with Gasteiger partial charge < -0.3 is 14.4 Å². The molecule has 2 aliphatic heterocycles. The number of hydrogen-bond acceptors (Lipinski definition) is 5. The van der Waals surface area contributed by atoms with Crippen molar-refractivity contribution in [3.8, 4) is 5.88 Å². The second-order valence-corrected chi connectivity index (χ2v) is 7.41. The maximum absolute atomic E-state index is 12.8. The first-order valence-corrected chi connectivity index (χ1v) is 9.57. The lowest BCUT2D eigenvalue weighted by Crippen LogP contribution is -2.52. The van der Waals surface area contributed by atoms with Gasteiger partial charge in [0.2, 0.25) is 5.88 Å². The fourth-order valence-electron chi connectivity index (χ4n) is 3.99. The van der Waals surface area contributed by atoms with Gasteiger partial charge in [-0.25, -0.2) is 4.98 Å². The van der Waals surface area contributed by atoms with Gasteiger partial charge >= 0.3 is 0 Å². The minimum atomic E-state index is -0.196. The summed E-state index contributed by atoms with van der Waals surface area (Å²) in [6.45, 7) is 4.03. The molecule has 2 aromatic rings. The normalized spacial score (nSPS) is 21.8. The maximum atomic E-state index is 12.8. The predicted molar refractivity (Wildman–Crippen MR) is 101 cm³/mol. The molecule has 6 nitrogen and oxygen atoms in total. The number of piperidine rings is 1. The highest BCUT2D eigenvalue weighted by Gasteiger charge is 2.42. The number of pyridine rings is 2. The van der Waals surface area contributed by atoms with E-state index in [0.29, 0.717) is 31.1 Å². The van der Waals surface area contributed by atoms with Gasteiger partial charge in [0.05, 0.1) is 17.8 Å². The molecule has 2 aliphatic rings. The molecular formula is C21H25N3O3. The van der Waals surface area contributed by atoms with E-state index in [1.807, 2.05) is 36.1 Å². The van der Waals surface area contributed by atoms with Gasteiger partial charge in [-0.1, -0.05) is 6.07 Å². The zero-order valence-electron chi connectivity index (χ0n) is 15.6. The molecule has 4 heterocycles. The lowest BCUT2D eigenvalue weighted by Gasteiger charge is -2.46. The first kappa shape index (κ1) is 17.9. The number of nitrogens with zero attached hydrogens (tertiary/aromatic N) is 3. The number of amides is 1. The number of carbonyl (C=O) groups is 1. The van der Waals surface area contributed by atoms with Crippen molar-refractivity contribution in [1.29, 1.82) is 0 Å². The first-order valence-electron chi connectivity index (χ1n) is 9.57. The molecule has 0 radical (unpaired) electrons. The summed E-state index contributed by atoms with van der Waals surface area (Å²) in [5.41, 5.74) is 1.46. The molecule has 6 heteroatoms. The Balaban J connectivity index is 1.37. The van der Waals surface area contributed by atoms with Crippen LogP contribution in [-0.4, -0.2) is 52.2 Å². The second kappa shape index (κ2) is 7.64. The van der Waals surface area contributed by atoms with Gasteiger partial charge in [0, 0.05) is 50.6 Å². The third kappa shape index (κ3) is 3.95. The quantitative estimate of drug-likeness (QED) is 0.834. The zero-order chi connectivity index (χ0) is 18.7. The molecule has 1 amide bonds. The third-order valence-electron chi connectivity index (χ3n) is 5.60. The van der Waals surface area contributed by atoms with Crippen molar-refractivity contribution in [2.75, 3.05) is 19.7 Å². The van der Waals surface area contributed by atoms with Crippen molar-refractivity contribution in [2.45, 2.75) is 44.3 Å². The van der Waals surface area contributed by atoms with Crippen molar-refractivity contribution >= 4 is 5.91 Å². The Morgan fingerprint density at radius 1 is 1.26 bits per heavy atom. The van der Waals surface area contributed by atoms with E-state index >= 15 is 0 Å². The highest BCUT2D eigenvalue weighted by Crippen LogP contribution is 2.36. The van der Waals surface area contributed by atoms with Crippen LogP contribution in [0, 0.1) is 6.92 Å². The molecule has 0 saturated carbocycles. The van der Waals surface area contributed by atoms with Crippen LogP contribution in [-0.2, 0) is 4.74 Å². The number of aryl methyl sites for hydroxylation is 1. The van der Waals surface area contributed by atoms with Crippen LogP contribution in [0.3, 0.4) is 0 Å². The summed E-state index contributed by atoms with van der Waals surface area (Å²) in [5, 5.41) is 0. The third-order valence-corrected chi connectivity index (χ3v) is 5.60. The van der Waals surface area contributed by atoms with Crippen LogP contribution >= 0.6 is 0 Å². The van der Waals surface area contributed by atoms with Gasteiger partial charge in [0.15, 0.2) is 0 Å². The summed E-state index contributed by atoms with van der Waals surface area (Å²) in [6, 6.07) is 7.58. The van der Waals surface area contributed by atoms with Crippen molar-refractivity contribution in [3.05, 3.63) is 54.0 Å². The Labute approximate surface area is 159 Å². The lowest BCUT2D eigenvalue weighted by atomic mass is 9.83. The van der Waals surface area contributed by atoms with Crippen molar-refractivity contribution in [3.63, 3.8) is 0 Å². The van der Waals surface area contributed by atoms with E-state index in [1.165, 1.54) is 0 Å². The fraction of sp³-hybridized carbons (Fsp3) is 0.476. The monoisotopic (exact) mass is 367 g/mol. The summed E-state index contributed by atoms with van der Waals surface area (Å²) in [4.78, 5) is 23.1. The molecule has 0 aromatic carbocycles. The highest BCUT2D eigenvalue weighted by molar-refractivity contribution is 5.95. The van der Waals surface area contributed by atoms with Crippen LogP contribution in [0.4, 0.5) is 0 Å². The van der Waals surface area contributed by atoms with E-state index in [4.69, 9.17) is 9.47 Å². The Bertz CT molecular complexity index is 788. The number of ether oxygens (including phenoxy) is 2. The number of likely N-dealkylation sites (tertiary alicyclic amines) is 1. The van der Waals surface area contributed by atoms with Crippen LogP contribution in [0.1, 0.15) is 41.6 Å². The van der Waals surface area contributed by atoms with E-state index in [9.17, 15) is 4.79 Å². The average molecular weight is 367 g/mol. The Morgan fingerprint density at radius 2 is 2.11 bits per heavy atom. The van der Waals surface area contributed by atoms with Crippen molar-refractivity contribution in [2.24, 2.45) is 0 Å². The maximum Gasteiger partial charge on any atom is 0.255 e. The minimum absolute atomic E-state index is 0.0625. The minimum Gasteiger partial charge on any atom is -0.474 e. The van der Waals surface area contributed by atoms with E-state index < -0.39 is 0 Å². The van der Waals surface area contributed by atoms with Gasteiger partial charge in [0.25, 0.3) is 5.91 Å². The molecule has 0 N–H and O–H groups in total. The summed E-state index contributed by atoms with van der Waals surface area (Å²) in [6.07, 6.45) is 8.62. The van der Waals surface area contributed by atoms with Gasteiger partial charge in [-0.15, -0.1) is 0 Å². The molecule has 2 fully saturated rings. The smallest absolute Gasteiger partial charge is 0.255 e. The number of hydrogen-bond donors (Lipinski definition) is 0. The molecule has 1 atom stereocenters. The van der Waals surface area contributed by atoms with Gasteiger partial charge in [-0.3, -0.25) is 9.78 Å². The molecule has 1 unspecified atom stereocenters. The SMILES string of the molecule is Cc1ccncc1C(=O)N1CCC2(CC1)CC(Oc1ccccn1)CCO2. The zero-order valence-corrected chi connectivity index (χ0v) is 15.6. The van der Waals surface area contributed by atoms with Crippen LogP contribution in [0.25, 0.3) is 0 Å². The van der Waals surface area contributed by atoms with Crippen LogP contribution in [0.5, 0.6) is 5.88 Å². The molecule has 0 aliphatic carbocycles. The Morgan fingerprint density at radius 3 is 2.85 bits per heavy atom. The van der Waals surface area contributed by atoms with Crippen molar-refractivity contribution < 1.29 is 14.3 Å². The molecule has 2 aromatic heterocycles. The largest absolute Gasteiger partial charge is 0.474 e. The molecule has 2 saturated heterocycles. The Hall–Kier alpha value is -2.47. The number of carbonyl (C=O) groups excluding carboxylic acids is 1. The van der Waals surface area contributed by atoms with Gasteiger partial charge in [0.1, 0.15) is 6.10 Å². The van der Waals surface area contributed by atoms with Gasteiger partial charge in [-0.05, 0) is 37.5 Å². The summed E-state index contributed by atoms with van der Waals surface area (Å²) < 4.78 is 12.2. The molecule has 0 bridgehead atoms. The molecule has 4 rings (SSSR count). The Kier molecular flexibility index (Phi) is 5.07. The average Bonchev–Trinajstić information content (AvgIpc) is 2.69. The topological polar surface area (TPSA) is 64.6 Å². The molecule has 1 spiro atoms. The van der Waals surface area contributed by atoms with Crippen LogP contribution < -0.4 is 4.74 Å². The fourth-order valence-corrected chi connectivity index (χ4v) is 3.99. The van der Waals surface area contributed by atoms with Crippen molar-refractivity contribution in [1.82, 2.24) is 14.9 Å². The van der Waals surface area contributed by atoms with E-state index in [-0.39, 0.29) is 17.6 Å². The lowest BCUT2D eigenvalue weighted by molar-refractivity contribution is -0.135. The molecule has 142 valence electrons. The van der Waals surface area contributed by atoms with Crippen LogP contribution in [0.2, 0.25) is 0 Å². The highest BCUT2D eigenvalue weighted by atomic mass is 16.5. The van der Waals surface area contributed by atoms with E-state index in [2.05, 4.69) is 9.97 Å². The number of rotatable bonds is 3. The number of aromatic nitrogens is 2. The van der Waals surface area contributed by atoms with E-state index in [0.717, 1.165) is 31.2 Å². The summed E-state index contributed by atoms with van der Waals surface area (Å²) >= 11 is 0. The molecule has 27 heavy (non-hydrogen) atoms. The summed E-state index contributed by atoms with van der Waals surface area (Å²) in [7, 11) is 0. The standard InChI is InChI=1S/C21H25N3O3/c1-16-5-10-22-15-18(16)20(25)24-11-7-21(8-12-24)14-17(6-13-26-21)27-19-4-2-3-9-23-19/h2-5,9-10,15,17H,6-8,11-14H2,1H3. The van der Waals surface area contributed by atoms with Gasteiger partial charge in [-0.2, -0.15) is 0 Å². The second-order valence-electron chi connectivity index (χ2n) is 7.41. The first-order chi connectivity index (χ1) is 13.2. The predicted octanol–water partition coefficient (Wildman–Crippen LogP) is 3.02.